The number of phosphoric ester groups is 2. The first-order chi connectivity index (χ1) is 48.7. The first-order valence-electron chi connectivity index (χ1n) is 38.4. The van der Waals surface area contributed by atoms with Crippen molar-refractivity contribution in [2.45, 2.75) is 316 Å². The van der Waals surface area contributed by atoms with Crippen molar-refractivity contribution >= 4 is 39.5 Å². The third-order valence-corrected chi connectivity index (χ3v) is 17.5. The highest BCUT2D eigenvalue weighted by atomic mass is 31.2. The van der Waals surface area contributed by atoms with E-state index in [0.29, 0.717) is 25.7 Å². The third-order valence-electron chi connectivity index (χ3n) is 15.6. The highest BCUT2D eigenvalue weighted by Gasteiger charge is 2.30. The van der Waals surface area contributed by atoms with Crippen LogP contribution in [0, 0.1) is 0 Å². The quantitative estimate of drug-likeness (QED) is 0.0169. The van der Waals surface area contributed by atoms with Crippen LogP contribution in [0.1, 0.15) is 297 Å². The molecule has 0 aromatic rings. The zero-order chi connectivity index (χ0) is 73.2. The van der Waals surface area contributed by atoms with Gasteiger partial charge in [-0.15, -0.1) is 0 Å². The Labute approximate surface area is 605 Å². The monoisotopic (exact) mass is 1440 g/mol. The van der Waals surface area contributed by atoms with Gasteiger partial charge in [0.25, 0.3) is 0 Å². The van der Waals surface area contributed by atoms with Crippen LogP contribution in [0.25, 0.3) is 0 Å². The Hall–Kier alpha value is -4.80. The summed E-state index contributed by atoms with van der Waals surface area (Å²) >= 11 is 0. The highest BCUT2D eigenvalue weighted by Crippen LogP contribution is 2.45. The average molecular weight is 1440 g/mol. The number of unbranched alkanes of at least 4 members (excludes halogenated alkanes) is 24. The summed E-state index contributed by atoms with van der Waals surface area (Å²) in [5, 5.41) is 10.6. The second kappa shape index (κ2) is 72.5. The Balaban J connectivity index is 5.40. The molecule has 17 nitrogen and oxygen atoms in total. The summed E-state index contributed by atoms with van der Waals surface area (Å²) in [6.45, 7) is 4.44. The van der Waals surface area contributed by atoms with Gasteiger partial charge in [-0.3, -0.25) is 37.3 Å². The van der Waals surface area contributed by atoms with E-state index in [2.05, 4.69) is 137 Å². The van der Waals surface area contributed by atoms with E-state index in [1.807, 2.05) is 18.2 Å². The number of esters is 4. The number of aliphatic hydroxyl groups is 1. The van der Waals surface area contributed by atoms with Crippen molar-refractivity contribution in [2.75, 3.05) is 39.6 Å². The summed E-state index contributed by atoms with van der Waals surface area (Å²) < 4.78 is 68.3. The lowest BCUT2D eigenvalue weighted by Crippen LogP contribution is -2.30. The molecule has 0 aliphatic carbocycles. The summed E-state index contributed by atoms with van der Waals surface area (Å²) in [5.74, 6) is -2.35. The largest absolute Gasteiger partial charge is 0.472 e. The Morgan fingerprint density at radius 3 is 0.930 bits per heavy atom. The predicted octanol–water partition coefficient (Wildman–Crippen LogP) is 22.1. The van der Waals surface area contributed by atoms with E-state index < -0.39 is 97.5 Å². The Kier molecular flexibility index (Phi) is 69.1. The van der Waals surface area contributed by atoms with E-state index in [-0.39, 0.29) is 25.7 Å². The molecule has 0 saturated heterocycles. The van der Waals surface area contributed by atoms with Gasteiger partial charge in [0.2, 0.25) is 0 Å². The van der Waals surface area contributed by atoms with Gasteiger partial charge in [-0.1, -0.05) is 290 Å². The van der Waals surface area contributed by atoms with Crippen molar-refractivity contribution in [2.24, 2.45) is 0 Å². The summed E-state index contributed by atoms with van der Waals surface area (Å²) in [4.78, 5) is 72.8. The molecule has 0 aromatic heterocycles. The molecule has 5 unspecified atom stereocenters. The number of ether oxygens (including phenoxy) is 4. The normalized spacial score (nSPS) is 14.7. The van der Waals surface area contributed by atoms with Crippen LogP contribution in [-0.4, -0.2) is 96.7 Å². The number of carbonyl (C=O) groups excluding carboxylic acids is 4. The van der Waals surface area contributed by atoms with Gasteiger partial charge >= 0.3 is 39.5 Å². The maximum absolute atomic E-state index is 13.1. The van der Waals surface area contributed by atoms with Gasteiger partial charge in [-0.2, -0.15) is 0 Å². The smallest absolute Gasteiger partial charge is 0.462 e. The molecule has 19 heteroatoms. The maximum atomic E-state index is 13.1. The fourth-order valence-electron chi connectivity index (χ4n) is 9.85. The minimum atomic E-state index is -4.99. The van der Waals surface area contributed by atoms with Crippen molar-refractivity contribution in [1.82, 2.24) is 0 Å². The number of phosphoric acid groups is 2. The topological polar surface area (TPSA) is 237 Å². The highest BCUT2D eigenvalue weighted by molar-refractivity contribution is 7.47. The second-order valence-corrected chi connectivity index (χ2v) is 28.1. The van der Waals surface area contributed by atoms with E-state index >= 15 is 0 Å². The first-order valence-corrected chi connectivity index (χ1v) is 41.4. The molecule has 0 saturated carbocycles. The number of allylic oxidation sites excluding steroid dienone is 21. The molecule has 572 valence electrons. The lowest BCUT2D eigenvalue weighted by Gasteiger charge is -2.21. The molecule has 0 radical (unpaired) electrons. The molecule has 0 bridgehead atoms. The van der Waals surface area contributed by atoms with Gasteiger partial charge in [0.15, 0.2) is 12.2 Å². The van der Waals surface area contributed by atoms with Crippen LogP contribution in [0.5, 0.6) is 0 Å². The van der Waals surface area contributed by atoms with Crippen molar-refractivity contribution in [1.29, 1.82) is 0 Å². The summed E-state index contributed by atoms with van der Waals surface area (Å²) in [6.07, 6.45) is 80.4. The predicted molar refractivity (Wildman–Crippen MR) is 408 cm³/mol. The number of hydrogen-bond donors (Lipinski definition) is 3. The standard InChI is InChI=1S/C81H136O17P2/c1-5-9-13-17-21-25-29-33-35-36-37-38-40-44-46-50-54-58-62-66-79(84)92-72-77(98-81(86)68-64-60-56-52-48-42-32-28-24-20-16-12-8-4)74-96-100(89,90)94-70-75(82)69-93-99(87,88)95-73-76(97-80(85)67-63-59-55-51-47-41-31-27-23-19-15-11-7-3)71-91-78(83)65-61-57-53-49-45-43-39-34-30-26-22-18-14-10-6-2/h9-10,13-14,16,20-22,25-26,28,32-35,37-39,45,49,57,61,75-77,82H,5-8,11-12,15,17-19,23-24,27,29-31,36,40-44,46-48,50-56,58-60,62-74H2,1-4H3,(H,87,88)(H,89,90)/b13-9-,14-10-,20-16-,25-21-,26-22-,32-28-,35-33-,38-37-,39-34-,49-45-,61-57-. The van der Waals surface area contributed by atoms with Crippen molar-refractivity contribution < 1.29 is 80.2 Å². The van der Waals surface area contributed by atoms with E-state index in [0.717, 1.165) is 167 Å². The van der Waals surface area contributed by atoms with E-state index in [1.165, 1.54) is 51.4 Å². The Bertz CT molecular complexity index is 2420. The zero-order valence-electron chi connectivity index (χ0n) is 62.3. The number of carbonyl (C=O) groups is 4. The Morgan fingerprint density at radius 1 is 0.300 bits per heavy atom. The molecule has 0 aliphatic rings. The van der Waals surface area contributed by atoms with E-state index in [9.17, 15) is 43.2 Å². The third kappa shape index (κ3) is 71.6. The van der Waals surface area contributed by atoms with Crippen LogP contribution < -0.4 is 0 Å². The van der Waals surface area contributed by atoms with Crippen LogP contribution >= 0.6 is 15.6 Å². The lowest BCUT2D eigenvalue weighted by atomic mass is 10.0. The Morgan fingerprint density at radius 2 is 0.580 bits per heavy atom. The summed E-state index contributed by atoms with van der Waals surface area (Å²) in [5.41, 5.74) is 0. The molecule has 3 N–H and O–H groups in total. The first kappa shape index (κ1) is 95.2. The van der Waals surface area contributed by atoms with Gasteiger partial charge in [0.05, 0.1) is 32.8 Å². The molecule has 100 heavy (non-hydrogen) atoms. The van der Waals surface area contributed by atoms with Gasteiger partial charge in [-0.05, 0) is 116 Å². The zero-order valence-corrected chi connectivity index (χ0v) is 64.1. The fraction of sp³-hybridized carbons (Fsp3) is 0.679. The minimum absolute atomic E-state index is 0.0705. The number of hydrogen-bond acceptors (Lipinski definition) is 15. The second-order valence-electron chi connectivity index (χ2n) is 25.2. The van der Waals surface area contributed by atoms with E-state index in [1.54, 1.807) is 6.08 Å². The van der Waals surface area contributed by atoms with Crippen molar-refractivity contribution in [3.05, 3.63) is 134 Å². The summed E-state index contributed by atoms with van der Waals surface area (Å²) in [6, 6.07) is 0. The maximum Gasteiger partial charge on any atom is 0.472 e. The van der Waals surface area contributed by atoms with Crippen LogP contribution in [0.15, 0.2) is 134 Å². The van der Waals surface area contributed by atoms with Gasteiger partial charge in [0, 0.05) is 19.3 Å². The molecule has 0 heterocycles. The molecule has 0 aromatic carbocycles. The molecule has 0 spiro atoms. The van der Waals surface area contributed by atoms with E-state index in [4.69, 9.17) is 37.0 Å². The van der Waals surface area contributed by atoms with Gasteiger partial charge in [0.1, 0.15) is 19.3 Å². The molecule has 0 rings (SSSR count). The molecule has 0 fully saturated rings. The minimum Gasteiger partial charge on any atom is -0.462 e. The number of aliphatic hydroxyl groups excluding tert-OH is 1. The average Bonchev–Trinajstić information content (AvgIpc) is 0.936. The lowest BCUT2D eigenvalue weighted by molar-refractivity contribution is -0.161. The van der Waals surface area contributed by atoms with Crippen LogP contribution in [0.4, 0.5) is 0 Å². The molecule has 5 atom stereocenters. The molecule has 0 aliphatic heterocycles. The molecule has 0 amide bonds. The molecular weight excluding hydrogens is 1310 g/mol. The van der Waals surface area contributed by atoms with Crippen LogP contribution in [-0.2, 0) is 65.4 Å². The SMILES string of the molecule is CC/C=C\C/C=C\C/C=C\C/C=C\C/C=C\CC(=O)OCC(COP(=O)(O)OCC(O)COP(=O)(O)OCC(COC(=O)CCCCCCCC/C=C\C/C=C\C/C=C\C/C=C\CC)OC(=O)CCCCCCC/C=C\C/C=C\CCC)OC(=O)CCCCCCCCCCCCCCC. The van der Waals surface area contributed by atoms with Crippen molar-refractivity contribution in [3.63, 3.8) is 0 Å². The summed E-state index contributed by atoms with van der Waals surface area (Å²) in [7, 11) is -9.98. The van der Waals surface area contributed by atoms with Gasteiger partial charge in [-0.25, -0.2) is 9.13 Å². The van der Waals surface area contributed by atoms with Crippen LogP contribution in [0.2, 0.25) is 0 Å². The number of rotatable bonds is 71. The van der Waals surface area contributed by atoms with Crippen molar-refractivity contribution in [3.8, 4) is 0 Å². The molecular formula is C81H136O17P2. The van der Waals surface area contributed by atoms with Gasteiger partial charge < -0.3 is 33.8 Å². The van der Waals surface area contributed by atoms with Crippen LogP contribution in [0.3, 0.4) is 0 Å². The fourth-order valence-corrected chi connectivity index (χ4v) is 11.4.